The van der Waals surface area contributed by atoms with E-state index in [4.69, 9.17) is 0 Å². The molecule has 1 unspecified atom stereocenters. The molecule has 0 radical (unpaired) electrons. The van der Waals surface area contributed by atoms with Gasteiger partial charge >= 0.3 is 0 Å². The second-order valence-electron chi connectivity index (χ2n) is 5.92. The van der Waals surface area contributed by atoms with Crippen LogP contribution in [0.4, 0.5) is 0 Å². The lowest BCUT2D eigenvalue weighted by molar-refractivity contribution is 0.316. The Hall–Kier alpha value is -0.540. The van der Waals surface area contributed by atoms with E-state index in [1.165, 1.54) is 29.2 Å². The number of aromatic nitrogens is 1. The van der Waals surface area contributed by atoms with Crippen LogP contribution in [-0.4, -0.2) is 22.5 Å². The first-order chi connectivity index (χ1) is 8.61. The third-order valence-corrected chi connectivity index (χ3v) is 5.16. The van der Waals surface area contributed by atoms with Gasteiger partial charge in [0.15, 0.2) is 0 Å². The van der Waals surface area contributed by atoms with Crippen molar-refractivity contribution in [3.8, 4) is 0 Å². The number of rotatable bonds is 4. The third-order valence-electron chi connectivity index (χ3n) is 3.53. The SMILES string of the molecule is CCc1cccnc1CNC1CSCC(C)(C)C1. The second-order valence-corrected chi connectivity index (χ2v) is 6.95. The predicted octanol–water partition coefficient (Wildman–Crippen LogP) is 3.27. The third kappa shape index (κ3) is 3.72. The Morgan fingerprint density at radius 2 is 2.33 bits per heavy atom. The molecule has 1 aliphatic rings. The first-order valence-corrected chi connectivity index (χ1v) is 8.00. The molecule has 0 bridgehead atoms. The largest absolute Gasteiger partial charge is 0.308 e. The summed E-state index contributed by atoms with van der Waals surface area (Å²) in [5, 5.41) is 3.68. The van der Waals surface area contributed by atoms with E-state index in [1.807, 2.05) is 12.3 Å². The Kier molecular flexibility index (Phi) is 4.68. The average molecular weight is 264 g/mol. The maximum absolute atomic E-state index is 4.50. The normalized spacial score (nSPS) is 22.9. The summed E-state index contributed by atoms with van der Waals surface area (Å²) in [5.41, 5.74) is 3.05. The molecule has 100 valence electrons. The molecule has 1 aromatic heterocycles. The van der Waals surface area contributed by atoms with E-state index in [2.05, 4.69) is 48.9 Å². The van der Waals surface area contributed by atoms with Crippen LogP contribution < -0.4 is 5.32 Å². The van der Waals surface area contributed by atoms with Crippen molar-refractivity contribution in [3.63, 3.8) is 0 Å². The van der Waals surface area contributed by atoms with Crippen molar-refractivity contribution >= 4 is 11.8 Å². The van der Waals surface area contributed by atoms with Crippen LogP contribution in [-0.2, 0) is 13.0 Å². The van der Waals surface area contributed by atoms with E-state index < -0.39 is 0 Å². The van der Waals surface area contributed by atoms with E-state index >= 15 is 0 Å². The zero-order chi connectivity index (χ0) is 13.0. The van der Waals surface area contributed by atoms with Crippen LogP contribution in [0.3, 0.4) is 0 Å². The molecule has 1 saturated heterocycles. The first kappa shape index (κ1) is 13.9. The van der Waals surface area contributed by atoms with Gasteiger partial charge in [0.25, 0.3) is 0 Å². The Morgan fingerprint density at radius 3 is 3.06 bits per heavy atom. The van der Waals surface area contributed by atoms with Crippen LogP contribution in [0, 0.1) is 5.41 Å². The monoisotopic (exact) mass is 264 g/mol. The molecule has 2 rings (SSSR count). The number of nitrogens with zero attached hydrogens (tertiary/aromatic N) is 1. The fourth-order valence-corrected chi connectivity index (χ4v) is 3.90. The highest BCUT2D eigenvalue weighted by atomic mass is 32.2. The maximum atomic E-state index is 4.50. The number of nitrogens with one attached hydrogen (secondary N) is 1. The maximum Gasteiger partial charge on any atom is 0.0573 e. The number of hydrogen-bond donors (Lipinski definition) is 1. The summed E-state index contributed by atoms with van der Waals surface area (Å²) >= 11 is 2.07. The Labute approximate surface area is 115 Å². The topological polar surface area (TPSA) is 24.9 Å². The van der Waals surface area contributed by atoms with Crippen molar-refractivity contribution in [2.24, 2.45) is 5.41 Å². The molecule has 1 N–H and O–H groups in total. The standard InChI is InChI=1S/C15H24N2S/c1-4-12-6-5-7-16-14(12)9-17-13-8-15(2,3)11-18-10-13/h5-7,13,17H,4,8-11H2,1-3H3. The zero-order valence-corrected chi connectivity index (χ0v) is 12.5. The molecular formula is C15H24N2S. The van der Waals surface area contributed by atoms with Crippen molar-refractivity contribution in [2.75, 3.05) is 11.5 Å². The van der Waals surface area contributed by atoms with Crippen LogP contribution in [0.15, 0.2) is 18.3 Å². The minimum Gasteiger partial charge on any atom is -0.308 e. The van der Waals surface area contributed by atoms with Crippen LogP contribution in [0.1, 0.15) is 38.4 Å². The molecule has 18 heavy (non-hydrogen) atoms. The van der Waals surface area contributed by atoms with Crippen LogP contribution in [0.25, 0.3) is 0 Å². The molecule has 2 nitrogen and oxygen atoms in total. The highest BCUT2D eigenvalue weighted by Gasteiger charge is 2.28. The first-order valence-electron chi connectivity index (χ1n) is 6.84. The predicted molar refractivity (Wildman–Crippen MR) is 80.0 cm³/mol. The summed E-state index contributed by atoms with van der Waals surface area (Å²) in [5.74, 6) is 2.52. The highest BCUT2D eigenvalue weighted by Crippen LogP contribution is 2.33. The van der Waals surface area contributed by atoms with Crippen molar-refractivity contribution in [1.82, 2.24) is 10.3 Å². The van der Waals surface area contributed by atoms with E-state index in [9.17, 15) is 0 Å². The summed E-state index contributed by atoms with van der Waals surface area (Å²) in [7, 11) is 0. The van der Waals surface area contributed by atoms with Gasteiger partial charge < -0.3 is 5.32 Å². The average Bonchev–Trinajstić information content (AvgIpc) is 2.35. The van der Waals surface area contributed by atoms with Gasteiger partial charge in [0.05, 0.1) is 5.69 Å². The lowest BCUT2D eigenvalue weighted by atomic mass is 9.88. The number of pyridine rings is 1. The van der Waals surface area contributed by atoms with Gasteiger partial charge in [0.1, 0.15) is 0 Å². The molecule has 0 aromatic carbocycles. The zero-order valence-electron chi connectivity index (χ0n) is 11.7. The van der Waals surface area contributed by atoms with Crippen LogP contribution in [0.2, 0.25) is 0 Å². The fourth-order valence-electron chi connectivity index (χ4n) is 2.59. The van der Waals surface area contributed by atoms with E-state index in [0.717, 1.165) is 13.0 Å². The summed E-state index contributed by atoms with van der Waals surface area (Å²) in [6.07, 6.45) is 4.24. The molecule has 1 aromatic rings. The smallest absolute Gasteiger partial charge is 0.0573 e. The highest BCUT2D eigenvalue weighted by molar-refractivity contribution is 7.99. The van der Waals surface area contributed by atoms with Crippen molar-refractivity contribution < 1.29 is 0 Å². The van der Waals surface area contributed by atoms with Gasteiger partial charge in [-0.2, -0.15) is 11.8 Å². The quantitative estimate of drug-likeness (QED) is 0.903. The van der Waals surface area contributed by atoms with Gasteiger partial charge in [-0.25, -0.2) is 0 Å². The molecule has 3 heteroatoms. The molecule has 0 saturated carbocycles. The lowest BCUT2D eigenvalue weighted by Gasteiger charge is -2.35. The summed E-state index contributed by atoms with van der Waals surface area (Å²) in [6.45, 7) is 7.84. The molecule has 1 fully saturated rings. The van der Waals surface area contributed by atoms with Crippen molar-refractivity contribution in [3.05, 3.63) is 29.6 Å². The van der Waals surface area contributed by atoms with Gasteiger partial charge in [-0.15, -0.1) is 0 Å². The lowest BCUT2D eigenvalue weighted by Crippen LogP contribution is -2.40. The van der Waals surface area contributed by atoms with Gasteiger partial charge in [-0.3, -0.25) is 4.98 Å². The molecule has 2 heterocycles. The van der Waals surface area contributed by atoms with Gasteiger partial charge in [-0.05, 0) is 35.6 Å². The minimum atomic E-state index is 0.471. The molecule has 0 aliphatic carbocycles. The van der Waals surface area contributed by atoms with Gasteiger partial charge in [0.2, 0.25) is 0 Å². The van der Waals surface area contributed by atoms with E-state index in [0.29, 0.717) is 11.5 Å². The van der Waals surface area contributed by atoms with Crippen molar-refractivity contribution in [2.45, 2.75) is 46.2 Å². The summed E-state index contributed by atoms with van der Waals surface area (Å²) in [4.78, 5) is 4.50. The molecule has 0 amide bonds. The second kappa shape index (κ2) is 6.07. The molecule has 0 spiro atoms. The number of thioether (sulfide) groups is 1. The molecule has 1 aliphatic heterocycles. The van der Waals surface area contributed by atoms with Crippen LogP contribution in [0.5, 0.6) is 0 Å². The van der Waals surface area contributed by atoms with Gasteiger partial charge in [-0.1, -0.05) is 26.8 Å². The minimum absolute atomic E-state index is 0.471. The summed E-state index contributed by atoms with van der Waals surface area (Å²) < 4.78 is 0. The van der Waals surface area contributed by atoms with E-state index in [1.54, 1.807) is 0 Å². The Bertz CT molecular complexity index is 390. The number of hydrogen-bond acceptors (Lipinski definition) is 3. The summed E-state index contributed by atoms with van der Waals surface area (Å²) in [6, 6.07) is 4.84. The fraction of sp³-hybridized carbons (Fsp3) is 0.667. The Balaban J connectivity index is 1.91. The number of aryl methyl sites for hydroxylation is 1. The Morgan fingerprint density at radius 1 is 1.50 bits per heavy atom. The van der Waals surface area contributed by atoms with Gasteiger partial charge in [0, 0.05) is 24.5 Å². The van der Waals surface area contributed by atoms with Crippen molar-refractivity contribution in [1.29, 1.82) is 0 Å². The van der Waals surface area contributed by atoms with Crippen LogP contribution >= 0.6 is 11.8 Å². The molecular weight excluding hydrogens is 240 g/mol. The van der Waals surface area contributed by atoms with E-state index in [-0.39, 0.29) is 0 Å². The molecule has 1 atom stereocenters.